The van der Waals surface area contributed by atoms with E-state index in [9.17, 15) is 24.3 Å². The Bertz CT molecular complexity index is 1300. The van der Waals surface area contributed by atoms with E-state index >= 15 is 0 Å². The molecule has 2 saturated heterocycles. The van der Waals surface area contributed by atoms with Crippen LogP contribution < -0.4 is 15.0 Å². The highest BCUT2D eigenvalue weighted by Gasteiger charge is 2.74. The molecule has 6 atom stereocenters. The fourth-order valence-electron chi connectivity index (χ4n) is 6.49. The molecule has 232 valence electrons. The highest BCUT2D eigenvalue weighted by Crippen LogP contribution is 2.59. The van der Waals surface area contributed by atoms with Gasteiger partial charge in [0.2, 0.25) is 11.8 Å². The first kappa shape index (κ1) is 31.2. The van der Waals surface area contributed by atoms with Gasteiger partial charge in [0.25, 0.3) is 5.91 Å². The van der Waals surface area contributed by atoms with Gasteiger partial charge in [-0.05, 0) is 62.9 Å². The number of esters is 1. The van der Waals surface area contributed by atoms with Gasteiger partial charge in [-0.2, -0.15) is 0 Å². The summed E-state index contributed by atoms with van der Waals surface area (Å²) in [7, 11) is 1.56. The number of carbonyl (C=O) groups excluding carboxylic acids is 4. The predicted molar refractivity (Wildman–Crippen MR) is 160 cm³/mol. The predicted octanol–water partition coefficient (Wildman–Crippen LogP) is 2.46. The van der Waals surface area contributed by atoms with Crippen molar-refractivity contribution in [1.82, 2.24) is 10.2 Å². The van der Waals surface area contributed by atoms with Crippen LogP contribution in [0.3, 0.4) is 0 Å². The van der Waals surface area contributed by atoms with Crippen LogP contribution in [0.4, 0.5) is 5.69 Å². The number of nitrogens with zero attached hydrogens (tertiary/aromatic N) is 2. The average molecular weight is 661 g/mol. The molecule has 0 radical (unpaired) electrons. The van der Waals surface area contributed by atoms with Crippen LogP contribution in [-0.2, 0) is 28.7 Å². The minimum Gasteiger partial charge on any atom is -0.497 e. The second-order valence-electron chi connectivity index (χ2n) is 11.4. The number of likely N-dealkylation sites (tertiary alicyclic amines) is 1. The van der Waals surface area contributed by atoms with E-state index in [2.05, 4.69) is 21.2 Å². The molecule has 5 bridgehead atoms. The molecule has 2 fully saturated rings. The van der Waals surface area contributed by atoms with E-state index in [4.69, 9.17) is 14.2 Å². The van der Waals surface area contributed by atoms with Crippen LogP contribution in [0.1, 0.15) is 39.0 Å². The maximum atomic E-state index is 14.7. The molecule has 0 saturated carbocycles. The number of aliphatic hydroxyl groups is 1. The zero-order valence-electron chi connectivity index (χ0n) is 24.4. The number of rotatable bonds is 7. The lowest BCUT2D eigenvalue weighted by molar-refractivity contribution is -0.158. The lowest BCUT2D eigenvalue weighted by Gasteiger charge is -2.36. The summed E-state index contributed by atoms with van der Waals surface area (Å²) in [4.78, 5) is 58.1. The second kappa shape index (κ2) is 13.2. The number of allylic oxidation sites excluding steroid dienone is 1. The van der Waals surface area contributed by atoms with Crippen molar-refractivity contribution in [3.8, 4) is 5.75 Å². The topological polar surface area (TPSA) is 135 Å². The third-order valence-electron chi connectivity index (χ3n) is 8.54. The van der Waals surface area contributed by atoms with Gasteiger partial charge >= 0.3 is 5.97 Å². The number of anilines is 1. The fourth-order valence-corrected chi connectivity index (χ4v) is 7.22. The number of unbranched alkanes of at least 4 members (excludes halogenated alkanes) is 2. The second-order valence-corrected chi connectivity index (χ2v) is 12.3. The summed E-state index contributed by atoms with van der Waals surface area (Å²) in [5, 5.41) is 12.1. The number of nitrogens with one attached hydrogen (secondary N) is 1. The Hall–Kier alpha value is -3.22. The number of fused-ring (bicyclic) bond motifs is 2. The summed E-state index contributed by atoms with van der Waals surface area (Å²) in [6.45, 7) is 2.31. The Morgan fingerprint density at radius 2 is 1.86 bits per heavy atom. The summed E-state index contributed by atoms with van der Waals surface area (Å²) in [5.74, 6) is -2.77. The first-order valence-corrected chi connectivity index (χ1v) is 15.6. The van der Waals surface area contributed by atoms with E-state index in [0.29, 0.717) is 41.6 Å². The van der Waals surface area contributed by atoms with Crippen LogP contribution in [0.2, 0.25) is 0 Å². The van der Waals surface area contributed by atoms with E-state index in [0.717, 1.165) is 0 Å². The summed E-state index contributed by atoms with van der Waals surface area (Å²) >= 11 is 3.55. The van der Waals surface area contributed by atoms with Gasteiger partial charge in [-0.15, -0.1) is 0 Å². The molecule has 0 aliphatic carbocycles. The van der Waals surface area contributed by atoms with E-state index in [1.54, 1.807) is 54.2 Å². The van der Waals surface area contributed by atoms with Crippen molar-refractivity contribution in [3.63, 3.8) is 0 Å². The zero-order valence-corrected chi connectivity index (χ0v) is 26.0. The van der Waals surface area contributed by atoms with E-state index < -0.39 is 41.7 Å². The van der Waals surface area contributed by atoms with Gasteiger partial charge in [0.1, 0.15) is 35.5 Å². The molecule has 2 N–H and O–H groups in total. The highest BCUT2D eigenvalue weighted by molar-refractivity contribution is 9.11. The van der Waals surface area contributed by atoms with Crippen LogP contribution in [0, 0.1) is 11.8 Å². The number of benzene rings is 1. The van der Waals surface area contributed by atoms with Crippen LogP contribution in [-0.4, -0.2) is 90.9 Å². The van der Waals surface area contributed by atoms with E-state index in [-0.39, 0.29) is 50.4 Å². The van der Waals surface area contributed by atoms with Crippen LogP contribution in [0.15, 0.2) is 47.0 Å². The fraction of sp³-hybridized carbons (Fsp3) is 0.548. The molecule has 0 unspecified atom stereocenters. The van der Waals surface area contributed by atoms with Gasteiger partial charge in [-0.25, -0.2) is 0 Å². The van der Waals surface area contributed by atoms with E-state index in [1.807, 2.05) is 12.2 Å². The summed E-state index contributed by atoms with van der Waals surface area (Å²) in [5.41, 5.74) is -0.780. The van der Waals surface area contributed by atoms with Crippen molar-refractivity contribution in [2.45, 2.75) is 62.9 Å². The van der Waals surface area contributed by atoms with Gasteiger partial charge in [-0.3, -0.25) is 19.2 Å². The van der Waals surface area contributed by atoms with Crippen molar-refractivity contribution in [2.24, 2.45) is 11.8 Å². The first-order chi connectivity index (χ1) is 20.7. The Morgan fingerprint density at radius 1 is 1.09 bits per heavy atom. The third-order valence-corrected chi connectivity index (χ3v) is 9.22. The number of ether oxygens (including phenoxy) is 3. The molecule has 4 aliphatic heterocycles. The quantitative estimate of drug-likeness (QED) is 0.259. The molecule has 1 aromatic carbocycles. The number of hydrogen-bond acceptors (Lipinski definition) is 8. The molecule has 43 heavy (non-hydrogen) atoms. The van der Waals surface area contributed by atoms with Gasteiger partial charge in [0, 0.05) is 36.3 Å². The van der Waals surface area contributed by atoms with Gasteiger partial charge in [-0.1, -0.05) is 28.1 Å². The molecule has 11 nitrogen and oxygen atoms in total. The van der Waals surface area contributed by atoms with Crippen LogP contribution in [0.5, 0.6) is 5.75 Å². The average Bonchev–Trinajstić information content (AvgIpc) is 3.58. The number of carbonyl (C=O) groups is 4. The zero-order chi connectivity index (χ0) is 30.7. The van der Waals surface area contributed by atoms with Crippen molar-refractivity contribution >= 4 is 45.3 Å². The lowest BCUT2D eigenvalue weighted by Crippen LogP contribution is -2.56. The smallest absolute Gasteiger partial charge is 0.313 e. The molecule has 5 rings (SSSR count). The first-order valence-electron chi connectivity index (χ1n) is 14.8. The number of cyclic esters (lactones) is 1. The van der Waals surface area contributed by atoms with Crippen molar-refractivity contribution in [2.75, 3.05) is 38.3 Å². The molecule has 3 amide bonds. The standard InChI is InChI=1S/C31H38BrN3O8/c1-19-18-33-23(37)9-5-3-6-14-34(20-10-12-21(41-2)13-11-20)29(39)27-31-17-22(32)26(43-31)24(30(40)42-19)25(31)28(38)35(27)15-7-4-8-16-36/h3,6,10-13,17,19,24-27,36H,4-5,7-9,14-16,18H2,1-2H3,(H,33,37)/b6-3-/t19-,24+,25-,26+,27+,31-/m1/s1. The van der Waals surface area contributed by atoms with Crippen LogP contribution >= 0.6 is 15.9 Å². The molecule has 4 aliphatic rings. The van der Waals surface area contributed by atoms with Crippen molar-refractivity contribution < 1.29 is 38.5 Å². The monoisotopic (exact) mass is 659 g/mol. The number of halogens is 1. The normalized spacial score (nSPS) is 31.9. The minimum absolute atomic E-state index is 0.0352. The SMILES string of the molecule is COc1ccc(N2C/C=C\CCC(=O)NC[C@@H](C)OC(=O)[C@@H]3[C@H]4O[C@@]5(C=C4Br)[C@H](C2=O)N(CCCCCO)C(=O)[C@@H]35)cc1. The molecule has 0 aromatic heterocycles. The Morgan fingerprint density at radius 3 is 2.58 bits per heavy atom. The minimum atomic E-state index is -1.38. The maximum Gasteiger partial charge on any atom is 0.313 e. The number of methoxy groups -OCH3 is 1. The van der Waals surface area contributed by atoms with Crippen LogP contribution in [0.25, 0.3) is 0 Å². The summed E-state index contributed by atoms with van der Waals surface area (Å²) < 4.78 is 18.2. The Balaban J connectivity index is 1.59. The number of amides is 3. The molecule has 4 heterocycles. The third kappa shape index (κ3) is 5.97. The Kier molecular flexibility index (Phi) is 9.57. The lowest BCUT2D eigenvalue weighted by atomic mass is 9.74. The molecule has 12 heteroatoms. The Labute approximate surface area is 259 Å². The van der Waals surface area contributed by atoms with Gasteiger partial charge < -0.3 is 34.4 Å². The maximum absolute atomic E-state index is 14.7. The summed E-state index contributed by atoms with van der Waals surface area (Å²) in [6, 6.07) is 6.03. The number of hydrogen-bond donors (Lipinski definition) is 2. The largest absolute Gasteiger partial charge is 0.497 e. The molecular formula is C31H38BrN3O8. The summed E-state index contributed by atoms with van der Waals surface area (Å²) in [6.07, 6.45) is 6.57. The van der Waals surface area contributed by atoms with Gasteiger partial charge in [0.15, 0.2) is 0 Å². The highest BCUT2D eigenvalue weighted by atomic mass is 79.9. The van der Waals surface area contributed by atoms with Gasteiger partial charge in [0.05, 0.1) is 19.6 Å². The van der Waals surface area contributed by atoms with Crippen molar-refractivity contribution in [1.29, 1.82) is 0 Å². The van der Waals surface area contributed by atoms with E-state index in [1.165, 1.54) is 0 Å². The number of aliphatic hydroxyl groups excluding tert-OH is 1. The molecular weight excluding hydrogens is 622 g/mol. The molecule has 1 aromatic rings. The van der Waals surface area contributed by atoms with Crippen molar-refractivity contribution in [3.05, 3.63) is 47.0 Å². The molecule has 1 spiro atoms.